The zero-order valence-electron chi connectivity index (χ0n) is 16.6. The number of piperidine rings is 1. The molecule has 0 amide bonds. The van der Waals surface area contributed by atoms with Gasteiger partial charge in [0.25, 0.3) is 0 Å². The molecule has 154 valence electrons. The molecule has 5 nitrogen and oxygen atoms in total. The summed E-state index contributed by atoms with van der Waals surface area (Å²) in [7, 11) is 0. The number of hydrogen-bond donors (Lipinski definition) is 3. The highest BCUT2D eigenvalue weighted by atomic mass is 35.5. The van der Waals surface area contributed by atoms with Crippen molar-refractivity contribution in [3.8, 4) is 23.1 Å². The van der Waals surface area contributed by atoms with Gasteiger partial charge in [0.2, 0.25) is 0 Å². The Labute approximate surface area is 183 Å². The third kappa shape index (κ3) is 4.73. The van der Waals surface area contributed by atoms with Crippen LogP contribution in [0.25, 0.3) is 11.3 Å². The van der Waals surface area contributed by atoms with Crippen LogP contribution >= 0.6 is 12.4 Å². The number of anilines is 1. The lowest BCUT2D eigenvalue weighted by Crippen LogP contribution is -2.29. The van der Waals surface area contributed by atoms with Crippen LogP contribution in [0.15, 0.2) is 60.7 Å². The molecule has 1 aliphatic heterocycles. The van der Waals surface area contributed by atoms with Crippen molar-refractivity contribution >= 4 is 18.2 Å². The van der Waals surface area contributed by atoms with Gasteiger partial charge in [-0.15, -0.1) is 12.4 Å². The number of nitrogens with one attached hydrogen (secondary N) is 2. The number of nitrogens with zero attached hydrogens (tertiary/aromatic N) is 2. The van der Waals surface area contributed by atoms with E-state index < -0.39 is 0 Å². The summed E-state index contributed by atoms with van der Waals surface area (Å²) in [5, 5.41) is 27.1. The predicted octanol–water partition coefficient (Wildman–Crippen LogP) is 4.83. The van der Waals surface area contributed by atoms with Crippen molar-refractivity contribution in [3.63, 3.8) is 0 Å². The summed E-state index contributed by atoms with van der Waals surface area (Å²) < 4.78 is 0. The summed E-state index contributed by atoms with van der Waals surface area (Å²) in [6.07, 6.45) is 2.11. The van der Waals surface area contributed by atoms with Crippen molar-refractivity contribution in [1.29, 1.82) is 5.26 Å². The third-order valence-electron chi connectivity index (χ3n) is 5.38. The number of para-hydroxylation sites is 1. The second kappa shape index (κ2) is 10.1. The number of aromatic nitrogens is 1. The third-order valence-corrected chi connectivity index (χ3v) is 5.38. The maximum Gasteiger partial charge on any atom is 0.145 e. The first-order valence-electron chi connectivity index (χ1n) is 9.98. The van der Waals surface area contributed by atoms with Crippen LogP contribution in [0.2, 0.25) is 0 Å². The van der Waals surface area contributed by atoms with E-state index in [9.17, 15) is 10.4 Å². The van der Waals surface area contributed by atoms with E-state index in [1.54, 1.807) is 12.1 Å². The zero-order valence-corrected chi connectivity index (χ0v) is 17.5. The lowest BCUT2D eigenvalue weighted by atomic mass is 9.88. The maximum absolute atomic E-state index is 10.4. The first-order chi connectivity index (χ1) is 14.3. The second-order valence-electron chi connectivity index (χ2n) is 7.33. The molecule has 4 rings (SSSR count). The van der Waals surface area contributed by atoms with Gasteiger partial charge in [0.1, 0.15) is 17.6 Å². The molecule has 3 N–H and O–H groups in total. The van der Waals surface area contributed by atoms with Gasteiger partial charge < -0.3 is 15.7 Å². The average molecular weight is 421 g/mol. The van der Waals surface area contributed by atoms with E-state index in [-0.39, 0.29) is 24.1 Å². The minimum absolute atomic E-state index is 0. The van der Waals surface area contributed by atoms with Crippen molar-refractivity contribution in [2.24, 2.45) is 0 Å². The van der Waals surface area contributed by atoms with Gasteiger partial charge >= 0.3 is 0 Å². The van der Waals surface area contributed by atoms with Gasteiger partial charge in [-0.3, -0.25) is 0 Å². The van der Waals surface area contributed by atoms with Crippen molar-refractivity contribution in [3.05, 3.63) is 77.4 Å². The molecule has 1 atom stereocenters. The summed E-state index contributed by atoms with van der Waals surface area (Å²) in [5.74, 6) is 1.01. The Morgan fingerprint density at radius 2 is 1.90 bits per heavy atom. The highest BCUT2D eigenvalue weighted by Crippen LogP contribution is 2.35. The van der Waals surface area contributed by atoms with Crippen LogP contribution in [0.4, 0.5) is 5.82 Å². The number of aromatic hydroxyl groups is 1. The van der Waals surface area contributed by atoms with Crippen molar-refractivity contribution < 1.29 is 5.11 Å². The monoisotopic (exact) mass is 420 g/mol. The largest absolute Gasteiger partial charge is 0.507 e. The van der Waals surface area contributed by atoms with E-state index in [0.29, 0.717) is 29.2 Å². The molecule has 0 aliphatic carbocycles. The summed E-state index contributed by atoms with van der Waals surface area (Å²) >= 11 is 0. The number of hydrogen-bond acceptors (Lipinski definition) is 5. The molecule has 1 unspecified atom stereocenters. The number of rotatable bonds is 5. The van der Waals surface area contributed by atoms with Crippen LogP contribution in [-0.4, -0.2) is 23.2 Å². The predicted molar refractivity (Wildman–Crippen MR) is 122 cm³/mol. The molecule has 0 bridgehead atoms. The van der Waals surface area contributed by atoms with Gasteiger partial charge in [0.05, 0.1) is 11.3 Å². The van der Waals surface area contributed by atoms with Crippen molar-refractivity contribution in [2.75, 3.05) is 18.4 Å². The van der Waals surface area contributed by atoms with Gasteiger partial charge in [0, 0.05) is 18.7 Å². The molecule has 6 heteroatoms. The molecule has 1 aliphatic rings. The summed E-state index contributed by atoms with van der Waals surface area (Å²) in [5.41, 5.74) is 4.05. The lowest BCUT2D eigenvalue weighted by molar-refractivity contribution is 0.461. The first kappa shape index (κ1) is 21.6. The lowest BCUT2D eigenvalue weighted by Gasteiger charge is -2.25. The summed E-state index contributed by atoms with van der Waals surface area (Å²) in [6, 6.07) is 21.6. The Hall–Kier alpha value is -3.07. The van der Waals surface area contributed by atoms with Crippen LogP contribution in [0, 0.1) is 11.3 Å². The highest BCUT2D eigenvalue weighted by Gasteiger charge is 2.23. The Morgan fingerprint density at radius 3 is 2.60 bits per heavy atom. The molecule has 1 fully saturated rings. The Morgan fingerprint density at radius 1 is 1.13 bits per heavy atom. The van der Waals surface area contributed by atoms with Gasteiger partial charge in [0.15, 0.2) is 0 Å². The normalized spacial score (nSPS) is 15.6. The minimum atomic E-state index is 0. The first-order valence-corrected chi connectivity index (χ1v) is 9.98. The average Bonchev–Trinajstić information content (AvgIpc) is 2.78. The maximum atomic E-state index is 10.4. The van der Waals surface area contributed by atoms with Crippen LogP contribution in [-0.2, 0) is 6.54 Å². The van der Waals surface area contributed by atoms with E-state index in [1.807, 2.05) is 48.5 Å². The molecule has 0 saturated carbocycles. The van der Waals surface area contributed by atoms with Crippen molar-refractivity contribution in [2.45, 2.75) is 25.3 Å². The molecule has 1 saturated heterocycles. The van der Waals surface area contributed by atoms with Crippen molar-refractivity contribution in [1.82, 2.24) is 10.3 Å². The molecule has 2 heterocycles. The number of pyridine rings is 1. The molecule has 30 heavy (non-hydrogen) atoms. The van der Waals surface area contributed by atoms with Gasteiger partial charge in [-0.05, 0) is 54.6 Å². The fraction of sp³-hybridized carbons (Fsp3) is 0.250. The highest BCUT2D eigenvalue weighted by molar-refractivity contribution is 5.85. The standard InChI is InChI=1S/C24H24N4O.ClH/c25-14-21-20(18-9-6-12-26-16-18)13-22(19-10-4-5-11-23(19)29)28-24(21)27-15-17-7-2-1-3-8-17;/h1-5,7-8,10-11,13,18,26,29H,6,9,12,15-16H2,(H,27,28);1H. The Kier molecular flexibility index (Phi) is 7.29. The van der Waals surface area contributed by atoms with Crippen LogP contribution in [0.1, 0.15) is 35.4 Å². The van der Waals surface area contributed by atoms with Gasteiger partial charge in [-0.1, -0.05) is 42.5 Å². The van der Waals surface area contributed by atoms with Crippen LogP contribution < -0.4 is 10.6 Å². The number of phenols is 1. The summed E-state index contributed by atoms with van der Waals surface area (Å²) in [4.78, 5) is 4.73. The van der Waals surface area contributed by atoms with Crippen LogP contribution in [0.3, 0.4) is 0 Å². The second-order valence-corrected chi connectivity index (χ2v) is 7.33. The number of phenolic OH excluding ortho intramolecular Hbond substituents is 1. The minimum Gasteiger partial charge on any atom is -0.507 e. The fourth-order valence-corrected chi connectivity index (χ4v) is 3.86. The summed E-state index contributed by atoms with van der Waals surface area (Å²) in [6.45, 7) is 2.43. The van der Waals surface area contributed by atoms with Gasteiger partial charge in [-0.25, -0.2) is 4.98 Å². The molecule has 0 spiro atoms. The molecule has 0 radical (unpaired) electrons. The zero-order chi connectivity index (χ0) is 20.1. The Balaban J connectivity index is 0.00000256. The molecule has 1 aromatic heterocycles. The molecule has 2 aromatic carbocycles. The van der Waals surface area contributed by atoms with E-state index in [4.69, 9.17) is 4.98 Å². The van der Waals surface area contributed by atoms with E-state index in [1.165, 1.54) is 0 Å². The topological polar surface area (TPSA) is 81.0 Å². The molecule has 3 aromatic rings. The Bertz CT molecular complexity index is 1030. The van der Waals surface area contributed by atoms with E-state index in [0.717, 1.165) is 37.1 Å². The van der Waals surface area contributed by atoms with Gasteiger partial charge in [-0.2, -0.15) is 5.26 Å². The van der Waals surface area contributed by atoms with Crippen LogP contribution in [0.5, 0.6) is 5.75 Å². The van der Waals surface area contributed by atoms with E-state index in [2.05, 4.69) is 16.7 Å². The fourth-order valence-electron chi connectivity index (χ4n) is 3.86. The smallest absolute Gasteiger partial charge is 0.145 e. The molecular formula is C24H25ClN4O. The quantitative estimate of drug-likeness (QED) is 0.551. The molecular weight excluding hydrogens is 396 g/mol. The van der Waals surface area contributed by atoms with E-state index >= 15 is 0 Å². The SMILES string of the molecule is Cl.N#Cc1c(C2CCCNC2)cc(-c2ccccc2O)nc1NCc1ccccc1. The number of halogens is 1. The number of nitriles is 1. The number of benzene rings is 2.